The van der Waals surface area contributed by atoms with Crippen molar-refractivity contribution >= 4 is 0 Å². The minimum absolute atomic E-state index is 0.506. The van der Waals surface area contributed by atoms with E-state index in [0.29, 0.717) is 5.41 Å². The zero-order valence-corrected chi connectivity index (χ0v) is 10.2. The molecule has 82 valence electrons. The Balaban J connectivity index is 2.61. The SMILES string of the molecule is C=C(C)CC1CC(NC)CCC1(C)C. The van der Waals surface area contributed by atoms with Gasteiger partial charge in [0.05, 0.1) is 0 Å². The molecule has 1 aliphatic carbocycles. The summed E-state index contributed by atoms with van der Waals surface area (Å²) in [5.41, 5.74) is 1.84. The average molecular weight is 195 g/mol. The molecule has 1 saturated carbocycles. The molecule has 14 heavy (non-hydrogen) atoms. The van der Waals surface area contributed by atoms with Crippen molar-refractivity contribution in [3.63, 3.8) is 0 Å². The van der Waals surface area contributed by atoms with Crippen molar-refractivity contribution in [2.75, 3.05) is 7.05 Å². The van der Waals surface area contributed by atoms with Gasteiger partial charge in [0.1, 0.15) is 0 Å². The van der Waals surface area contributed by atoms with E-state index >= 15 is 0 Å². The van der Waals surface area contributed by atoms with Gasteiger partial charge >= 0.3 is 0 Å². The van der Waals surface area contributed by atoms with Gasteiger partial charge in [-0.3, -0.25) is 0 Å². The Hall–Kier alpha value is -0.300. The Kier molecular flexibility index (Phi) is 3.77. The Morgan fingerprint density at radius 3 is 2.64 bits per heavy atom. The van der Waals surface area contributed by atoms with Gasteiger partial charge < -0.3 is 5.32 Å². The molecule has 0 bridgehead atoms. The smallest absolute Gasteiger partial charge is 0.00672 e. The van der Waals surface area contributed by atoms with Gasteiger partial charge in [-0.05, 0) is 51.0 Å². The van der Waals surface area contributed by atoms with Crippen molar-refractivity contribution in [2.45, 2.75) is 52.5 Å². The molecule has 2 atom stereocenters. The molecule has 0 aromatic heterocycles. The van der Waals surface area contributed by atoms with E-state index in [1.165, 1.54) is 31.3 Å². The van der Waals surface area contributed by atoms with Crippen molar-refractivity contribution in [3.05, 3.63) is 12.2 Å². The molecule has 0 radical (unpaired) electrons. The van der Waals surface area contributed by atoms with Gasteiger partial charge in [0.2, 0.25) is 0 Å². The van der Waals surface area contributed by atoms with Crippen LogP contribution in [0.1, 0.15) is 46.5 Å². The maximum Gasteiger partial charge on any atom is 0.00672 e. The second-order valence-corrected chi connectivity index (χ2v) is 5.61. The summed E-state index contributed by atoms with van der Waals surface area (Å²) in [4.78, 5) is 0. The lowest BCUT2D eigenvalue weighted by molar-refractivity contribution is 0.115. The third-order valence-corrected chi connectivity index (χ3v) is 3.81. The minimum Gasteiger partial charge on any atom is -0.317 e. The summed E-state index contributed by atoms with van der Waals surface area (Å²) in [6, 6.07) is 0.729. The predicted octanol–water partition coefficient (Wildman–Crippen LogP) is 3.37. The second kappa shape index (κ2) is 4.48. The molecule has 0 spiro atoms. The zero-order chi connectivity index (χ0) is 10.8. The predicted molar refractivity (Wildman–Crippen MR) is 63.4 cm³/mol. The van der Waals surface area contributed by atoms with E-state index in [1.807, 2.05) is 0 Å². The third kappa shape index (κ3) is 2.84. The fraction of sp³-hybridized carbons (Fsp3) is 0.846. The van der Waals surface area contributed by atoms with Crippen molar-refractivity contribution in [2.24, 2.45) is 11.3 Å². The molecule has 1 N–H and O–H groups in total. The van der Waals surface area contributed by atoms with Gasteiger partial charge in [-0.25, -0.2) is 0 Å². The summed E-state index contributed by atoms with van der Waals surface area (Å²) in [5.74, 6) is 0.811. The van der Waals surface area contributed by atoms with Crippen molar-refractivity contribution in [1.29, 1.82) is 0 Å². The first-order valence-corrected chi connectivity index (χ1v) is 5.77. The Morgan fingerprint density at radius 2 is 2.14 bits per heavy atom. The maximum absolute atomic E-state index is 4.05. The van der Waals surface area contributed by atoms with Crippen molar-refractivity contribution < 1.29 is 0 Å². The zero-order valence-electron chi connectivity index (χ0n) is 10.2. The molecule has 1 fully saturated rings. The van der Waals surface area contributed by atoms with Crippen LogP contribution >= 0.6 is 0 Å². The fourth-order valence-electron chi connectivity index (χ4n) is 2.57. The van der Waals surface area contributed by atoms with Crippen LogP contribution in [0.2, 0.25) is 0 Å². The average Bonchev–Trinajstić information content (AvgIpc) is 2.08. The minimum atomic E-state index is 0.506. The van der Waals surface area contributed by atoms with Gasteiger partial charge in [0, 0.05) is 6.04 Å². The van der Waals surface area contributed by atoms with E-state index in [-0.39, 0.29) is 0 Å². The molecule has 0 heterocycles. The molecule has 0 aromatic carbocycles. The number of rotatable bonds is 3. The molecule has 0 saturated heterocycles. The number of hydrogen-bond acceptors (Lipinski definition) is 1. The summed E-state index contributed by atoms with van der Waals surface area (Å²) in [6.07, 6.45) is 5.19. The number of hydrogen-bond donors (Lipinski definition) is 1. The lowest BCUT2D eigenvalue weighted by Crippen LogP contribution is -2.39. The van der Waals surface area contributed by atoms with Gasteiger partial charge in [-0.2, -0.15) is 0 Å². The molecule has 0 aromatic rings. The van der Waals surface area contributed by atoms with E-state index < -0.39 is 0 Å². The Labute approximate surface area is 89.0 Å². The van der Waals surface area contributed by atoms with E-state index in [9.17, 15) is 0 Å². The highest BCUT2D eigenvalue weighted by Gasteiger charge is 2.35. The van der Waals surface area contributed by atoms with Gasteiger partial charge in [0.25, 0.3) is 0 Å². The first kappa shape index (κ1) is 11.8. The molecule has 0 aliphatic heterocycles. The van der Waals surface area contributed by atoms with Crippen molar-refractivity contribution in [3.8, 4) is 0 Å². The summed E-state index contributed by atoms with van der Waals surface area (Å²) >= 11 is 0. The Bertz CT molecular complexity index is 205. The molecule has 2 unspecified atom stereocenters. The van der Waals surface area contributed by atoms with Crippen LogP contribution in [-0.4, -0.2) is 13.1 Å². The summed E-state index contributed by atoms with van der Waals surface area (Å²) in [7, 11) is 2.08. The highest BCUT2D eigenvalue weighted by molar-refractivity contribution is 4.97. The number of nitrogens with one attached hydrogen (secondary N) is 1. The normalized spacial score (nSPS) is 31.4. The van der Waals surface area contributed by atoms with E-state index in [2.05, 4.69) is 39.7 Å². The summed E-state index contributed by atoms with van der Waals surface area (Å²) < 4.78 is 0. The highest BCUT2D eigenvalue weighted by Crippen LogP contribution is 2.43. The summed E-state index contributed by atoms with van der Waals surface area (Å²) in [6.45, 7) is 11.0. The first-order valence-electron chi connectivity index (χ1n) is 5.77. The summed E-state index contributed by atoms with van der Waals surface area (Å²) in [5, 5.41) is 3.42. The van der Waals surface area contributed by atoms with Crippen LogP contribution in [0.25, 0.3) is 0 Å². The molecule has 1 nitrogen and oxygen atoms in total. The molecule has 1 heteroatoms. The molecule has 1 aliphatic rings. The third-order valence-electron chi connectivity index (χ3n) is 3.81. The van der Waals surface area contributed by atoms with E-state index in [1.54, 1.807) is 0 Å². The van der Waals surface area contributed by atoms with Gasteiger partial charge in [-0.15, -0.1) is 6.58 Å². The van der Waals surface area contributed by atoms with Gasteiger partial charge in [0.15, 0.2) is 0 Å². The first-order chi connectivity index (χ1) is 6.45. The molecule has 0 amide bonds. The van der Waals surface area contributed by atoms with Gasteiger partial charge in [-0.1, -0.05) is 19.4 Å². The lowest BCUT2D eigenvalue weighted by atomic mass is 9.65. The van der Waals surface area contributed by atoms with Crippen LogP contribution in [0.3, 0.4) is 0 Å². The highest BCUT2D eigenvalue weighted by atomic mass is 14.9. The van der Waals surface area contributed by atoms with Crippen LogP contribution in [0, 0.1) is 11.3 Å². The van der Waals surface area contributed by atoms with E-state index in [4.69, 9.17) is 0 Å². The van der Waals surface area contributed by atoms with Crippen LogP contribution in [0.5, 0.6) is 0 Å². The van der Waals surface area contributed by atoms with Crippen molar-refractivity contribution in [1.82, 2.24) is 5.32 Å². The quantitative estimate of drug-likeness (QED) is 0.681. The topological polar surface area (TPSA) is 12.0 Å². The monoisotopic (exact) mass is 195 g/mol. The molecular formula is C13H25N. The largest absolute Gasteiger partial charge is 0.317 e. The molecular weight excluding hydrogens is 170 g/mol. The Morgan fingerprint density at radius 1 is 1.50 bits per heavy atom. The van der Waals surface area contributed by atoms with Crippen LogP contribution < -0.4 is 5.32 Å². The van der Waals surface area contributed by atoms with Crippen LogP contribution in [0.15, 0.2) is 12.2 Å². The fourth-order valence-corrected chi connectivity index (χ4v) is 2.57. The van der Waals surface area contributed by atoms with E-state index in [0.717, 1.165) is 12.0 Å². The van der Waals surface area contributed by atoms with Crippen LogP contribution in [0.4, 0.5) is 0 Å². The van der Waals surface area contributed by atoms with Crippen LogP contribution in [-0.2, 0) is 0 Å². The lowest BCUT2D eigenvalue weighted by Gasteiger charge is -2.42. The number of allylic oxidation sites excluding steroid dienone is 1. The standard InChI is InChI=1S/C13H25N/c1-10(2)8-11-9-12(14-5)6-7-13(11,3)4/h11-12,14H,1,6-9H2,2-5H3. The second-order valence-electron chi connectivity index (χ2n) is 5.61. The molecule has 1 rings (SSSR count). The maximum atomic E-state index is 4.05.